The van der Waals surface area contributed by atoms with Crippen molar-refractivity contribution < 1.29 is 8.42 Å². The Morgan fingerprint density at radius 2 is 2.15 bits per heavy atom. The first-order chi connectivity index (χ1) is 5.90. The van der Waals surface area contributed by atoms with Gasteiger partial charge < -0.3 is 5.73 Å². The number of hydrogen-bond donors (Lipinski definition) is 3. The van der Waals surface area contributed by atoms with Gasteiger partial charge >= 0.3 is 0 Å². The predicted octanol–water partition coefficient (Wildman–Crippen LogP) is -0.360. The minimum Gasteiger partial charge on any atom is -0.387 e. The maximum absolute atomic E-state index is 10.9. The third kappa shape index (κ3) is 2.96. The Labute approximate surface area is 78.3 Å². The van der Waals surface area contributed by atoms with E-state index in [-0.39, 0.29) is 17.8 Å². The second-order valence-electron chi connectivity index (χ2n) is 3.49. The summed E-state index contributed by atoms with van der Waals surface area (Å²) in [4.78, 5) is 0. The van der Waals surface area contributed by atoms with Gasteiger partial charge in [-0.05, 0) is 12.8 Å². The molecule has 1 rings (SSSR count). The van der Waals surface area contributed by atoms with Crippen LogP contribution in [0.25, 0.3) is 0 Å². The Hall–Kier alpha value is -0.620. The molecule has 76 valence electrons. The summed E-state index contributed by atoms with van der Waals surface area (Å²) in [5, 5.41) is 7.27. The molecular weight excluding hydrogens is 190 g/mol. The van der Waals surface area contributed by atoms with Crippen LogP contribution in [0.15, 0.2) is 0 Å². The summed E-state index contributed by atoms with van der Waals surface area (Å²) in [6.07, 6.45) is 3.64. The molecule has 0 radical (unpaired) electrons. The molecule has 0 aromatic rings. The lowest BCUT2D eigenvalue weighted by Crippen LogP contribution is -2.41. The Balaban J connectivity index is 2.64. The van der Waals surface area contributed by atoms with E-state index in [1.54, 1.807) is 0 Å². The van der Waals surface area contributed by atoms with Crippen molar-refractivity contribution in [3.8, 4) is 0 Å². The molecule has 0 bridgehead atoms. The Kier molecular flexibility index (Phi) is 2.92. The quantitative estimate of drug-likeness (QED) is 0.433. The normalized spacial score (nSPS) is 29.0. The predicted molar refractivity (Wildman–Crippen MR) is 51.0 cm³/mol. The van der Waals surface area contributed by atoms with Crippen molar-refractivity contribution in [1.82, 2.24) is 4.72 Å². The largest absolute Gasteiger partial charge is 0.387 e. The molecule has 0 spiro atoms. The Morgan fingerprint density at radius 3 is 2.62 bits per heavy atom. The summed E-state index contributed by atoms with van der Waals surface area (Å²) in [6.45, 7) is 0. The zero-order valence-corrected chi connectivity index (χ0v) is 8.39. The molecule has 4 N–H and O–H groups in total. The SMILES string of the molecule is CS(=O)(=O)NC1CCCC1C(=N)N. The molecule has 0 amide bonds. The van der Waals surface area contributed by atoms with E-state index in [9.17, 15) is 8.42 Å². The monoisotopic (exact) mass is 205 g/mol. The lowest BCUT2D eigenvalue weighted by molar-refractivity contribution is 0.525. The molecule has 2 atom stereocenters. The van der Waals surface area contributed by atoms with Crippen molar-refractivity contribution in [3.63, 3.8) is 0 Å². The van der Waals surface area contributed by atoms with Gasteiger partial charge in [-0.3, -0.25) is 5.41 Å². The van der Waals surface area contributed by atoms with E-state index in [2.05, 4.69) is 4.72 Å². The fourth-order valence-electron chi connectivity index (χ4n) is 1.75. The van der Waals surface area contributed by atoms with Gasteiger partial charge in [0.15, 0.2) is 0 Å². The number of sulfonamides is 1. The fourth-order valence-corrected chi connectivity index (χ4v) is 2.58. The molecule has 1 saturated carbocycles. The van der Waals surface area contributed by atoms with E-state index < -0.39 is 10.0 Å². The van der Waals surface area contributed by atoms with E-state index in [0.717, 1.165) is 25.5 Å². The van der Waals surface area contributed by atoms with E-state index >= 15 is 0 Å². The number of nitrogens with two attached hydrogens (primary N) is 1. The summed E-state index contributed by atoms with van der Waals surface area (Å²) in [6, 6.07) is -0.174. The smallest absolute Gasteiger partial charge is 0.208 e. The highest BCUT2D eigenvalue weighted by molar-refractivity contribution is 7.88. The molecule has 0 heterocycles. The lowest BCUT2D eigenvalue weighted by Gasteiger charge is -2.18. The maximum atomic E-state index is 10.9. The number of rotatable bonds is 3. The molecule has 0 aromatic carbocycles. The van der Waals surface area contributed by atoms with Crippen LogP contribution in [0.4, 0.5) is 0 Å². The van der Waals surface area contributed by atoms with E-state index in [1.807, 2.05) is 0 Å². The average Bonchev–Trinajstić information content (AvgIpc) is 2.31. The minimum atomic E-state index is -3.18. The van der Waals surface area contributed by atoms with Crippen LogP contribution in [-0.2, 0) is 10.0 Å². The highest BCUT2D eigenvalue weighted by atomic mass is 32.2. The topological polar surface area (TPSA) is 96.0 Å². The third-order valence-corrected chi connectivity index (χ3v) is 3.01. The van der Waals surface area contributed by atoms with E-state index in [4.69, 9.17) is 11.1 Å². The van der Waals surface area contributed by atoms with Gasteiger partial charge in [-0.2, -0.15) is 0 Å². The van der Waals surface area contributed by atoms with Gasteiger partial charge in [0.2, 0.25) is 10.0 Å². The van der Waals surface area contributed by atoms with Gasteiger partial charge in [0.05, 0.1) is 12.1 Å². The first-order valence-electron chi connectivity index (χ1n) is 4.21. The molecule has 13 heavy (non-hydrogen) atoms. The van der Waals surface area contributed by atoms with Crippen LogP contribution in [0.2, 0.25) is 0 Å². The van der Waals surface area contributed by atoms with Gasteiger partial charge in [0, 0.05) is 12.0 Å². The Morgan fingerprint density at radius 1 is 1.54 bits per heavy atom. The summed E-state index contributed by atoms with van der Waals surface area (Å²) in [7, 11) is -3.18. The molecular formula is C7H15N3O2S. The van der Waals surface area contributed by atoms with E-state index in [0.29, 0.717) is 0 Å². The van der Waals surface area contributed by atoms with Crippen molar-refractivity contribution in [3.05, 3.63) is 0 Å². The molecule has 1 aliphatic rings. The molecule has 0 saturated heterocycles. The zero-order chi connectivity index (χ0) is 10.1. The molecule has 0 aromatic heterocycles. The second kappa shape index (κ2) is 3.63. The number of nitrogens with one attached hydrogen (secondary N) is 2. The van der Waals surface area contributed by atoms with Gasteiger partial charge in [-0.15, -0.1) is 0 Å². The maximum Gasteiger partial charge on any atom is 0.208 e. The van der Waals surface area contributed by atoms with Gasteiger partial charge in [0.1, 0.15) is 0 Å². The van der Waals surface area contributed by atoms with Crippen molar-refractivity contribution in [2.75, 3.05) is 6.26 Å². The molecule has 0 aliphatic heterocycles. The summed E-state index contributed by atoms with van der Waals surface area (Å²) < 4.78 is 24.4. The first-order valence-corrected chi connectivity index (χ1v) is 6.10. The van der Waals surface area contributed by atoms with Gasteiger partial charge in [-0.1, -0.05) is 6.42 Å². The number of amidine groups is 1. The fraction of sp³-hybridized carbons (Fsp3) is 0.857. The standard InChI is InChI=1S/C7H15N3O2S/c1-13(11,12)10-6-4-2-3-5(6)7(8)9/h5-6,10H,2-4H2,1H3,(H3,8,9). The van der Waals surface area contributed by atoms with Gasteiger partial charge in [0.25, 0.3) is 0 Å². The molecule has 1 fully saturated rings. The average molecular weight is 205 g/mol. The highest BCUT2D eigenvalue weighted by Gasteiger charge is 2.31. The van der Waals surface area contributed by atoms with Gasteiger partial charge in [-0.25, -0.2) is 13.1 Å². The third-order valence-electron chi connectivity index (χ3n) is 2.28. The lowest BCUT2D eigenvalue weighted by atomic mass is 10.0. The second-order valence-corrected chi connectivity index (χ2v) is 5.27. The highest BCUT2D eigenvalue weighted by Crippen LogP contribution is 2.25. The van der Waals surface area contributed by atoms with Crippen molar-refractivity contribution >= 4 is 15.9 Å². The van der Waals surface area contributed by atoms with Crippen molar-refractivity contribution in [1.29, 1.82) is 5.41 Å². The first kappa shape index (κ1) is 10.5. The minimum absolute atomic E-state index is 0.0821. The van der Waals surface area contributed by atoms with E-state index in [1.165, 1.54) is 0 Å². The summed E-state index contributed by atoms with van der Waals surface area (Å²) in [5.41, 5.74) is 5.36. The summed E-state index contributed by atoms with van der Waals surface area (Å²) >= 11 is 0. The summed E-state index contributed by atoms with van der Waals surface area (Å²) in [5.74, 6) is -0.0339. The van der Waals surface area contributed by atoms with Crippen molar-refractivity contribution in [2.45, 2.75) is 25.3 Å². The zero-order valence-electron chi connectivity index (χ0n) is 7.58. The van der Waals surface area contributed by atoms with Crippen molar-refractivity contribution in [2.24, 2.45) is 11.7 Å². The van der Waals surface area contributed by atoms with Crippen LogP contribution in [0.3, 0.4) is 0 Å². The molecule has 6 heteroatoms. The molecule has 5 nitrogen and oxygen atoms in total. The van der Waals surface area contributed by atoms with Crippen LogP contribution >= 0.6 is 0 Å². The van der Waals surface area contributed by atoms with Crippen LogP contribution in [-0.4, -0.2) is 26.6 Å². The van der Waals surface area contributed by atoms with Crippen LogP contribution < -0.4 is 10.5 Å². The number of hydrogen-bond acceptors (Lipinski definition) is 3. The Bertz CT molecular complexity index is 299. The van der Waals surface area contributed by atoms with Crippen LogP contribution in [0, 0.1) is 11.3 Å². The molecule has 1 aliphatic carbocycles. The van der Waals surface area contributed by atoms with Crippen LogP contribution in [0.5, 0.6) is 0 Å². The molecule has 2 unspecified atom stereocenters. The van der Waals surface area contributed by atoms with Crippen LogP contribution in [0.1, 0.15) is 19.3 Å².